The smallest absolute Gasteiger partial charge is 0.321 e. The number of para-hydroxylation sites is 1. The van der Waals surface area contributed by atoms with Gasteiger partial charge in [0.15, 0.2) is 0 Å². The van der Waals surface area contributed by atoms with E-state index in [0.717, 1.165) is 25.1 Å². The summed E-state index contributed by atoms with van der Waals surface area (Å²) in [5, 5.41) is 4.64. The molecule has 96 valence electrons. The second-order valence-electron chi connectivity index (χ2n) is 4.28. The first-order chi connectivity index (χ1) is 8.70. The Morgan fingerprint density at radius 3 is 2.89 bits per heavy atom. The number of benzene rings is 1. The van der Waals surface area contributed by atoms with Gasteiger partial charge < -0.3 is 10.2 Å². The first-order valence-corrected chi connectivity index (χ1v) is 6.05. The minimum Gasteiger partial charge on any atom is -0.362 e. The Bertz CT molecular complexity index is 459. The normalized spacial score (nSPS) is 13.7. The number of amides is 3. The van der Waals surface area contributed by atoms with Crippen LogP contribution in [0.1, 0.15) is 12.0 Å². The van der Waals surface area contributed by atoms with Crippen LogP contribution in [-0.4, -0.2) is 32.1 Å². The van der Waals surface area contributed by atoms with Crippen molar-refractivity contribution in [2.45, 2.75) is 12.8 Å². The summed E-state index contributed by atoms with van der Waals surface area (Å²) in [6.45, 7) is 1.06. The van der Waals surface area contributed by atoms with E-state index in [1.807, 2.05) is 23.1 Å². The molecule has 0 saturated carbocycles. The number of fused-ring (bicyclic) bond motifs is 1. The number of nitrogens with zero attached hydrogens (tertiary/aromatic N) is 1. The SMILES string of the molecule is CNC(=O)NC(=O)CN1CCCc2ccccc21. The average Bonchev–Trinajstić information content (AvgIpc) is 2.39. The van der Waals surface area contributed by atoms with Crippen LogP contribution in [0, 0.1) is 0 Å². The maximum atomic E-state index is 11.7. The van der Waals surface area contributed by atoms with Crippen LogP contribution in [-0.2, 0) is 11.2 Å². The predicted octanol–water partition coefficient (Wildman–Crippen LogP) is 0.895. The Morgan fingerprint density at radius 2 is 2.11 bits per heavy atom. The first-order valence-electron chi connectivity index (χ1n) is 6.05. The number of carbonyl (C=O) groups excluding carboxylic acids is 2. The Morgan fingerprint density at radius 1 is 1.33 bits per heavy atom. The maximum absolute atomic E-state index is 11.7. The lowest BCUT2D eigenvalue weighted by atomic mass is 10.0. The Kier molecular flexibility index (Phi) is 3.82. The Balaban J connectivity index is 2.03. The van der Waals surface area contributed by atoms with Gasteiger partial charge in [0, 0.05) is 19.3 Å². The van der Waals surface area contributed by atoms with Crippen molar-refractivity contribution in [3.63, 3.8) is 0 Å². The van der Waals surface area contributed by atoms with Gasteiger partial charge >= 0.3 is 6.03 Å². The highest BCUT2D eigenvalue weighted by molar-refractivity contribution is 5.96. The molecule has 0 radical (unpaired) electrons. The molecule has 1 aliphatic heterocycles. The lowest BCUT2D eigenvalue weighted by Gasteiger charge is -2.30. The number of imide groups is 1. The molecule has 1 aromatic carbocycles. The molecule has 3 amide bonds. The quantitative estimate of drug-likeness (QED) is 0.816. The van der Waals surface area contributed by atoms with Gasteiger partial charge in [-0.25, -0.2) is 4.79 Å². The van der Waals surface area contributed by atoms with Gasteiger partial charge in [-0.05, 0) is 24.5 Å². The standard InChI is InChI=1S/C13H17N3O2/c1-14-13(18)15-12(17)9-16-8-4-6-10-5-2-3-7-11(10)16/h2-3,5,7H,4,6,8-9H2,1H3,(H2,14,15,17,18). The zero-order chi connectivity index (χ0) is 13.0. The summed E-state index contributed by atoms with van der Waals surface area (Å²) in [4.78, 5) is 24.7. The van der Waals surface area contributed by atoms with Crippen LogP contribution in [0.15, 0.2) is 24.3 Å². The number of aryl methyl sites for hydroxylation is 1. The van der Waals surface area contributed by atoms with Crippen molar-refractivity contribution in [1.29, 1.82) is 0 Å². The molecule has 1 aliphatic rings. The third-order valence-corrected chi connectivity index (χ3v) is 3.02. The summed E-state index contributed by atoms with van der Waals surface area (Å²) < 4.78 is 0. The minimum atomic E-state index is -0.467. The molecule has 0 bridgehead atoms. The molecule has 5 heteroatoms. The van der Waals surface area contributed by atoms with Crippen LogP contribution in [0.2, 0.25) is 0 Å². The van der Waals surface area contributed by atoms with Crippen molar-refractivity contribution in [2.24, 2.45) is 0 Å². The molecule has 5 nitrogen and oxygen atoms in total. The van der Waals surface area contributed by atoms with Gasteiger partial charge in [-0.1, -0.05) is 18.2 Å². The maximum Gasteiger partial charge on any atom is 0.321 e. The van der Waals surface area contributed by atoms with Crippen LogP contribution in [0.5, 0.6) is 0 Å². The molecule has 0 spiro atoms. The second kappa shape index (κ2) is 5.53. The van der Waals surface area contributed by atoms with Crippen molar-refractivity contribution in [2.75, 3.05) is 25.0 Å². The summed E-state index contributed by atoms with van der Waals surface area (Å²) in [5.41, 5.74) is 2.35. The highest BCUT2D eigenvalue weighted by Gasteiger charge is 2.19. The molecule has 0 saturated heterocycles. The van der Waals surface area contributed by atoms with Gasteiger partial charge in [0.1, 0.15) is 0 Å². The van der Waals surface area contributed by atoms with Gasteiger partial charge in [-0.3, -0.25) is 10.1 Å². The van der Waals surface area contributed by atoms with Crippen LogP contribution in [0.4, 0.5) is 10.5 Å². The molecule has 0 fully saturated rings. The van der Waals surface area contributed by atoms with Crippen molar-refractivity contribution >= 4 is 17.6 Å². The average molecular weight is 247 g/mol. The number of nitrogens with one attached hydrogen (secondary N) is 2. The summed E-state index contributed by atoms with van der Waals surface area (Å²) >= 11 is 0. The number of urea groups is 1. The third kappa shape index (κ3) is 2.80. The van der Waals surface area contributed by atoms with E-state index in [2.05, 4.69) is 16.7 Å². The number of hydrogen-bond acceptors (Lipinski definition) is 3. The molecule has 0 aliphatic carbocycles. The second-order valence-corrected chi connectivity index (χ2v) is 4.28. The molecule has 0 unspecified atom stereocenters. The van der Waals surface area contributed by atoms with Crippen LogP contribution < -0.4 is 15.5 Å². The lowest BCUT2D eigenvalue weighted by molar-refractivity contribution is -0.118. The highest BCUT2D eigenvalue weighted by atomic mass is 16.2. The van der Waals surface area contributed by atoms with Gasteiger partial charge in [0.25, 0.3) is 0 Å². The van der Waals surface area contributed by atoms with Gasteiger partial charge in [0.2, 0.25) is 5.91 Å². The zero-order valence-corrected chi connectivity index (χ0v) is 10.4. The number of anilines is 1. The molecular formula is C13H17N3O2. The lowest BCUT2D eigenvalue weighted by Crippen LogP contribution is -2.44. The Labute approximate surface area is 106 Å². The van der Waals surface area contributed by atoms with Gasteiger partial charge in [0.05, 0.1) is 6.54 Å². The van der Waals surface area contributed by atoms with Crippen molar-refractivity contribution in [3.05, 3.63) is 29.8 Å². The topological polar surface area (TPSA) is 61.4 Å². The molecule has 2 N–H and O–H groups in total. The fourth-order valence-corrected chi connectivity index (χ4v) is 2.18. The monoisotopic (exact) mass is 247 g/mol. The summed E-state index contributed by atoms with van der Waals surface area (Å²) in [5.74, 6) is -0.286. The van der Waals surface area contributed by atoms with E-state index in [9.17, 15) is 9.59 Å². The van der Waals surface area contributed by atoms with Crippen LogP contribution >= 0.6 is 0 Å². The highest BCUT2D eigenvalue weighted by Crippen LogP contribution is 2.25. The minimum absolute atomic E-state index is 0.213. The molecular weight excluding hydrogens is 230 g/mol. The van der Waals surface area contributed by atoms with Crippen molar-refractivity contribution < 1.29 is 9.59 Å². The van der Waals surface area contributed by atoms with E-state index in [4.69, 9.17) is 0 Å². The molecule has 0 atom stereocenters. The largest absolute Gasteiger partial charge is 0.362 e. The Hall–Kier alpha value is -2.04. The van der Waals surface area contributed by atoms with Gasteiger partial charge in [-0.15, -0.1) is 0 Å². The third-order valence-electron chi connectivity index (χ3n) is 3.02. The first kappa shape index (κ1) is 12.4. The molecule has 1 heterocycles. The fraction of sp³-hybridized carbons (Fsp3) is 0.385. The molecule has 2 rings (SSSR count). The van der Waals surface area contributed by atoms with Crippen LogP contribution in [0.25, 0.3) is 0 Å². The van der Waals surface area contributed by atoms with Crippen molar-refractivity contribution in [3.8, 4) is 0 Å². The van der Waals surface area contributed by atoms with Crippen molar-refractivity contribution in [1.82, 2.24) is 10.6 Å². The zero-order valence-electron chi connectivity index (χ0n) is 10.4. The number of hydrogen-bond donors (Lipinski definition) is 2. The fourth-order valence-electron chi connectivity index (χ4n) is 2.18. The number of rotatable bonds is 2. The van der Waals surface area contributed by atoms with E-state index in [1.165, 1.54) is 12.6 Å². The molecule has 1 aromatic rings. The molecule has 0 aromatic heterocycles. The van der Waals surface area contributed by atoms with E-state index in [-0.39, 0.29) is 12.5 Å². The molecule has 18 heavy (non-hydrogen) atoms. The van der Waals surface area contributed by atoms with E-state index in [1.54, 1.807) is 0 Å². The number of carbonyl (C=O) groups is 2. The summed E-state index contributed by atoms with van der Waals surface area (Å²) in [7, 11) is 1.48. The summed E-state index contributed by atoms with van der Waals surface area (Å²) in [6.07, 6.45) is 2.08. The predicted molar refractivity (Wildman–Crippen MR) is 69.6 cm³/mol. The van der Waals surface area contributed by atoms with Crippen LogP contribution in [0.3, 0.4) is 0 Å². The van der Waals surface area contributed by atoms with E-state index in [0.29, 0.717) is 0 Å². The summed E-state index contributed by atoms with van der Waals surface area (Å²) in [6, 6.07) is 7.60. The van der Waals surface area contributed by atoms with Gasteiger partial charge in [-0.2, -0.15) is 0 Å². The van der Waals surface area contributed by atoms with E-state index < -0.39 is 6.03 Å². The van der Waals surface area contributed by atoms with E-state index >= 15 is 0 Å².